The zero-order valence-corrected chi connectivity index (χ0v) is 18.9. The molecule has 0 aliphatic heterocycles. The molecule has 2 aromatic rings. The van der Waals surface area contributed by atoms with E-state index in [1.165, 1.54) is 4.90 Å². The summed E-state index contributed by atoms with van der Waals surface area (Å²) < 4.78 is 5.52. The fourth-order valence-electron chi connectivity index (χ4n) is 3.87. The number of alkyl carbamates (subject to hydrolysis) is 1. The maximum absolute atomic E-state index is 12.9. The first-order chi connectivity index (χ1) is 15.1. The molecule has 0 spiro atoms. The van der Waals surface area contributed by atoms with E-state index in [-0.39, 0.29) is 31.3 Å². The predicted molar refractivity (Wildman–Crippen MR) is 121 cm³/mol. The van der Waals surface area contributed by atoms with Gasteiger partial charge in [0.1, 0.15) is 12.6 Å². The van der Waals surface area contributed by atoms with Gasteiger partial charge in [0.15, 0.2) is 0 Å². The van der Waals surface area contributed by atoms with Gasteiger partial charge in [-0.1, -0.05) is 48.5 Å². The van der Waals surface area contributed by atoms with Crippen molar-refractivity contribution in [3.8, 4) is 11.1 Å². The molecule has 3 rings (SSSR count). The Hall–Kier alpha value is -3.35. The molecule has 1 unspecified atom stereocenters. The van der Waals surface area contributed by atoms with Crippen LogP contribution in [0.3, 0.4) is 0 Å². The lowest BCUT2D eigenvalue weighted by atomic mass is 9.98. The van der Waals surface area contributed by atoms with Crippen LogP contribution in [0.4, 0.5) is 4.79 Å². The number of nitrogens with one attached hydrogen (secondary N) is 1. The normalized spacial score (nSPS) is 13.6. The Morgan fingerprint density at radius 2 is 1.56 bits per heavy atom. The summed E-state index contributed by atoms with van der Waals surface area (Å²) in [4.78, 5) is 38.0. The quantitative estimate of drug-likeness (QED) is 0.681. The molecule has 0 bridgehead atoms. The number of carboxylic acid groups (broad SMARTS) is 1. The van der Waals surface area contributed by atoms with Gasteiger partial charge in [-0.15, -0.1) is 0 Å². The summed E-state index contributed by atoms with van der Waals surface area (Å²) in [6.45, 7) is 5.72. The van der Waals surface area contributed by atoms with Crippen molar-refractivity contribution < 1.29 is 24.2 Å². The first kappa shape index (κ1) is 23.3. The van der Waals surface area contributed by atoms with Crippen molar-refractivity contribution >= 4 is 18.0 Å². The van der Waals surface area contributed by atoms with Crippen LogP contribution < -0.4 is 5.32 Å². The molecule has 0 heterocycles. The zero-order valence-electron chi connectivity index (χ0n) is 18.9. The van der Waals surface area contributed by atoms with Crippen LogP contribution in [0.15, 0.2) is 48.5 Å². The van der Waals surface area contributed by atoms with Gasteiger partial charge >= 0.3 is 12.1 Å². The molecule has 0 saturated carbocycles. The molecular weight excluding hydrogens is 408 g/mol. The van der Waals surface area contributed by atoms with E-state index >= 15 is 0 Å². The van der Waals surface area contributed by atoms with Crippen LogP contribution >= 0.6 is 0 Å². The zero-order chi connectivity index (χ0) is 23.5. The number of amides is 2. The van der Waals surface area contributed by atoms with E-state index in [9.17, 15) is 14.4 Å². The van der Waals surface area contributed by atoms with Crippen LogP contribution in [0.2, 0.25) is 0 Å². The monoisotopic (exact) mass is 438 g/mol. The van der Waals surface area contributed by atoms with Crippen molar-refractivity contribution in [3.63, 3.8) is 0 Å². The van der Waals surface area contributed by atoms with Crippen molar-refractivity contribution in [2.75, 3.05) is 13.7 Å². The number of aliphatic carboxylic acids is 1. The average Bonchev–Trinajstić information content (AvgIpc) is 3.07. The molecule has 7 nitrogen and oxygen atoms in total. The summed E-state index contributed by atoms with van der Waals surface area (Å²) in [5.41, 5.74) is 3.96. The number of fused-ring (bicyclic) bond motifs is 3. The minimum atomic E-state index is -1.03. The van der Waals surface area contributed by atoms with E-state index in [1.54, 1.807) is 7.05 Å². The van der Waals surface area contributed by atoms with Crippen LogP contribution in [0, 0.1) is 0 Å². The second-order valence-electron chi connectivity index (χ2n) is 9.02. The highest BCUT2D eigenvalue weighted by Crippen LogP contribution is 2.44. The topological polar surface area (TPSA) is 95.9 Å². The van der Waals surface area contributed by atoms with Crippen LogP contribution in [0.1, 0.15) is 50.7 Å². The Labute approximate surface area is 188 Å². The molecule has 32 heavy (non-hydrogen) atoms. The molecule has 170 valence electrons. The van der Waals surface area contributed by atoms with E-state index in [2.05, 4.69) is 17.4 Å². The number of benzene rings is 2. The second-order valence-corrected chi connectivity index (χ2v) is 9.02. The fourth-order valence-corrected chi connectivity index (χ4v) is 3.87. The van der Waals surface area contributed by atoms with E-state index in [0.29, 0.717) is 0 Å². The number of nitrogens with zero attached hydrogens (tertiary/aromatic N) is 1. The van der Waals surface area contributed by atoms with Crippen molar-refractivity contribution in [2.45, 2.75) is 51.1 Å². The SMILES string of the molecule is CN(C(=O)C(CCC(=O)O)NC(=O)OCC1c2ccccc2-c2ccccc21)C(C)(C)C. The summed E-state index contributed by atoms with van der Waals surface area (Å²) in [6.07, 6.45) is -0.991. The number of hydrogen-bond donors (Lipinski definition) is 2. The number of ether oxygens (including phenoxy) is 1. The van der Waals surface area contributed by atoms with E-state index in [4.69, 9.17) is 9.84 Å². The minimum absolute atomic E-state index is 0.0151. The Balaban J connectivity index is 1.70. The summed E-state index contributed by atoms with van der Waals surface area (Å²) in [5, 5.41) is 11.6. The second kappa shape index (κ2) is 9.42. The van der Waals surface area contributed by atoms with E-state index in [0.717, 1.165) is 22.3 Å². The highest BCUT2D eigenvalue weighted by molar-refractivity contribution is 5.86. The molecule has 1 aliphatic rings. The molecule has 1 atom stereocenters. The van der Waals surface area contributed by atoms with Gasteiger partial charge in [0.25, 0.3) is 0 Å². The molecule has 2 aromatic carbocycles. The summed E-state index contributed by atoms with van der Waals surface area (Å²) in [5.74, 6) is -1.48. The number of likely N-dealkylation sites (N-methyl/N-ethyl adjacent to an activating group) is 1. The smallest absolute Gasteiger partial charge is 0.407 e. The molecule has 0 aromatic heterocycles. The highest BCUT2D eigenvalue weighted by Gasteiger charge is 2.32. The molecule has 7 heteroatoms. The Bertz CT molecular complexity index is 966. The van der Waals surface area contributed by atoms with Crippen molar-refractivity contribution in [3.05, 3.63) is 59.7 Å². The fraction of sp³-hybridized carbons (Fsp3) is 0.400. The van der Waals surface area contributed by atoms with Gasteiger partial charge in [-0.2, -0.15) is 0 Å². The van der Waals surface area contributed by atoms with Crippen LogP contribution in [-0.4, -0.2) is 53.2 Å². The Morgan fingerprint density at radius 1 is 1.03 bits per heavy atom. The van der Waals surface area contributed by atoms with Crippen LogP contribution in [0.25, 0.3) is 11.1 Å². The number of carbonyl (C=O) groups excluding carboxylic acids is 2. The lowest BCUT2D eigenvalue weighted by Gasteiger charge is -2.34. The van der Waals surface area contributed by atoms with Gasteiger partial charge < -0.3 is 20.1 Å². The lowest BCUT2D eigenvalue weighted by Crippen LogP contribution is -2.53. The molecule has 2 amide bonds. The molecule has 0 saturated heterocycles. The van der Waals surface area contributed by atoms with Gasteiger partial charge in [-0.3, -0.25) is 9.59 Å². The summed E-state index contributed by atoms with van der Waals surface area (Å²) >= 11 is 0. The van der Waals surface area contributed by atoms with Gasteiger partial charge in [-0.05, 0) is 49.4 Å². The van der Waals surface area contributed by atoms with Crippen molar-refractivity contribution in [2.24, 2.45) is 0 Å². The molecular formula is C25H30N2O5. The maximum Gasteiger partial charge on any atom is 0.407 e. The van der Waals surface area contributed by atoms with Crippen molar-refractivity contribution in [1.29, 1.82) is 0 Å². The van der Waals surface area contributed by atoms with Gasteiger partial charge in [0, 0.05) is 24.9 Å². The maximum atomic E-state index is 12.9. The standard InChI is InChI=1S/C25H30N2O5/c1-25(2,3)27(4)23(30)21(13-14-22(28)29)26-24(31)32-15-20-18-11-7-5-9-16(18)17-10-6-8-12-19(17)20/h5-12,20-21H,13-15H2,1-4H3,(H,26,31)(H,28,29). The lowest BCUT2D eigenvalue weighted by molar-refractivity contribution is -0.138. The number of rotatable bonds is 7. The number of hydrogen-bond acceptors (Lipinski definition) is 4. The number of carboxylic acids is 1. The molecule has 2 N–H and O–H groups in total. The average molecular weight is 439 g/mol. The van der Waals surface area contributed by atoms with Crippen molar-refractivity contribution in [1.82, 2.24) is 10.2 Å². The highest BCUT2D eigenvalue weighted by atomic mass is 16.5. The predicted octanol–water partition coefficient (Wildman–Crippen LogP) is 4.02. The van der Waals surface area contributed by atoms with E-state index < -0.39 is 23.6 Å². The van der Waals surface area contributed by atoms with Gasteiger partial charge in [0.2, 0.25) is 5.91 Å². The Morgan fingerprint density at radius 3 is 2.06 bits per heavy atom. The van der Waals surface area contributed by atoms with Crippen LogP contribution in [-0.2, 0) is 14.3 Å². The third-order valence-electron chi connectivity index (χ3n) is 5.92. The minimum Gasteiger partial charge on any atom is -0.481 e. The van der Waals surface area contributed by atoms with Gasteiger partial charge in [-0.25, -0.2) is 4.79 Å². The van der Waals surface area contributed by atoms with E-state index in [1.807, 2.05) is 57.2 Å². The largest absolute Gasteiger partial charge is 0.481 e. The Kier molecular flexibility index (Phi) is 6.87. The first-order valence-electron chi connectivity index (χ1n) is 10.7. The third-order valence-corrected chi connectivity index (χ3v) is 5.92. The first-order valence-corrected chi connectivity index (χ1v) is 10.7. The summed E-state index contributed by atoms with van der Waals surface area (Å²) in [6, 6.07) is 15.1. The molecule has 1 aliphatic carbocycles. The van der Waals surface area contributed by atoms with Gasteiger partial charge in [0.05, 0.1) is 0 Å². The molecule has 0 radical (unpaired) electrons. The third kappa shape index (κ3) is 5.10. The summed E-state index contributed by atoms with van der Waals surface area (Å²) in [7, 11) is 1.63. The van der Waals surface area contributed by atoms with Crippen LogP contribution in [0.5, 0.6) is 0 Å². The molecule has 0 fully saturated rings. The number of carbonyl (C=O) groups is 3.